The fourth-order valence-corrected chi connectivity index (χ4v) is 2.65. The minimum absolute atomic E-state index is 0.0458. The van der Waals surface area contributed by atoms with Crippen LogP contribution in [0.15, 0.2) is 30.3 Å². The Morgan fingerprint density at radius 1 is 1.16 bits per heavy atom. The summed E-state index contributed by atoms with van der Waals surface area (Å²) in [6.45, 7) is 3.90. The second kappa shape index (κ2) is 6.01. The van der Waals surface area contributed by atoms with Gasteiger partial charge in [0.2, 0.25) is 0 Å². The molecule has 0 unspecified atom stereocenters. The quantitative estimate of drug-likeness (QED) is 0.834. The topological polar surface area (TPSA) is 36.9 Å². The zero-order chi connectivity index (χ0) is 13.1. The molecule has 1 aromatic rings. The normalized spacial score (nSPS) is 34.2. The van der Waals surface area contributed by atoms with Crippen molar-refractivity contribution in [2.24, 2.45) is 0 Å². The van der Waals surface area contributed by atoms with Gasteiger partial charge in [-0.25, -0.2) is 0 Å². The van der Waals surface area contributed by atoms with E-state index >= 15 is 0 Å². The zero-order valence-electron chi connectivity index (χ0n) is 11.2. The van der Waals surface area contributed by atoms with E-state index < -0.39 is 0 Å². The van der Waals surface area contributed by atoms with Crippen LogP contribution in [0.1, 0.15) is 18.9 Å². The van der Waals surface area contributed by atoms with Crippen molar-refractivity contribution < 1.29 is 18.9 Å². The summed E-state index contributed by atoms with van der Waals surface area (Å²) < 4.78 is 23.2. The average molecular weight is 264 g/mol. The minimum Gasteiger partial charge on any atom is -0.368 e. The van der Waals surface area contributed by atoms with E-state index in [0.29, 0.717) is 19.8 Å². The number of rotatable bonds is 4. The molecule has 104 valence electrons. The summed E-state index contributed by atoms with van der Waals surface area (Å²) in [6.07, 6.45) is 0.549. The Balaban J connectivity index is 1.64. The van der Waals surface area contributed by atoms with Gasteiger partial charge in [0.1, 0.15) is 12.2 Å². The Kier molecular flexibility index (Phi) is 4.13. The number of fused-ring (bicyclic) bond motifs is 1. The fraction of sp³-hybridized carbons (Fsp3) is 0.600. The molecule has 4 atom stereocenters. The SMILES string of the molecule is CC[C@H]1O[C@@H]2OCCO[C@@H]2[C@H]1OCc1ccccc1. The molecule has 0 bridgehead atoms. The van der Waals surface area contributed by atoms with E-state index in [1.807, 2.05) is 18.2 Å². The average Bonchev–Trinajstić information content (AvgIpc) is 2.84. The molecule has 4 heteroatoms. The lowest BCUT2D eigenvalue weighted by Crippen LogP contribution is -2.42. The summed E-state index contributed by atoms with van der Waals surface area (Å²) in [5.41, 5.74) is 1.16. The van der Waals surface area contributed by atoms with Gasteiger partial charge in [0, 0.05) is 0 Å². The second-order valence-electron chi connectivity index (χ2n) is 4.92. The smallest absolute Gasteiger partial charge is 0.186 e. The molecular weight excluding hydrogens is 244 g/mol. The summed E-state index contributed by atoms with van der Waals surface area (Å²) in [6, 6.07) is 10.2. The molecule has 0 saturated carbocycles. The number of benzene rings is 1. The highest BCUT2D eigenvalue weighted by Gasteiger charge is 2.47. The van der Waals surface area contributed by atoms with Crippen molar-refractivity contribution in [1.82, 2.24) is 0 Å². The van der Waals surface area contributed by atoms with Crippen molar-refractivity contribution in [2.45, 2.75) is 44.6 Å². The van der Waals surface area contributed by atoms with E-state index in [1.54, 1.807) is 0 Å². The van der Waals surface area contributed by atoms with Crippen molar-refractivity contribution >= 4 is 0 Å². The highest BCUT2D eigenvalue weighted by Crippen LogP contribution is 2.31. The second-order valence-corrected chi connectivity index (χ2v) is 4.92. The van der Waals surface area contributed by atoms with Crippen LogP contribution in [0, 0.1) is 0 Å². The number of hydrogen-bond donors (Lipinski definition) is 0. The fourth-order valence-electron chi connectivity index (χ4n) is 2.65. The third-order valence-electron chi connectivity index (χ3n) is 3.63. The van der Waals surface area contributed by atoms with Crippen LogP contribution in [0.25, 0.3) is 0 Å². The summed E-state index contributed by atoms with van der Waals surface area (Å²) in [5, 5.41) is 0. The molecule has 2 heterocycles. The van der Waals surface area contributed by atoms with Gasteiger partial charge in [-0.05, 0) is 12.0 Å². The molecule has 4 nitrogen and oxygen atoms in total. The van der Waals surface area contributed by atoms with Gasteiger partial charge in [-0.3, -0.25) is 0 Å². The lowest BCUT2D eigenvalue weighted by Gasteiger charge is -2.28. The molecular formula is C15H20O4. The number of ether oxygens (including phenoxy) is 4. The van der Waals surface area contributed by atoms with Crippen LogP contribution in [0.5, 0.6) is 0 Å². The Bertz CT molecular complexity index is 394. The van der Waals surface area contributed by atoms with E-state index in [9.17, 15) is 0 Å². The first kappa shape index (κ1) is 13.1. The lowest BCUT2D eigenvalue weighted by molar-refractivity contribution is -0.222. The molecule has 1 aromatic carbocycles. The molecule has 0 amide bonds. The van der Waals surface area contributed by atoms with Crippen molar-refractivity contribution in [3.8, 4) is 0 Å². The maximum atomic E-state index is 6.03. The molecule has 0 aromatic heterocycles. The molecule has 3 rings (SSSR count). The molecule has 2 aliphatic rings. The van der Waals surface area contributed by atoms with Crippen LogP contribution in [0.4, 0.5) is 0 Å². The van der Waals surface area contributed by atoms with Gasteiger partial charge in [-0.1, -0.05) is 37.3 Å². The Hall–Kier alpha value is -0.940. The summed E-state index contributed by atoms with van der Waals surface area (Å²) in [7, 11) is 0. The Morgan fingerprint density at radius 2 is 1.95 bits per heavy atom. The van der Waals surface area contributed by atoms with Gasteiger partial charge >= 0.3 is 0 Å². The van der Waals surface area contributed by atoms with E-state index in [-0.39, 0.29) is 24.6 Å². The van der Waals surface area contributed by atoms with Crippen LogP contribution in [-0.2, 0) is 25.6 Å². The molecule has 2 fully saturated rings. The minimum atomic E-state index is -0.264. The van der Waals surface area contributed by atoms with Crippen molar-refractivity contribution in [3.63, 3.8) is 0 Å². The zero-order valence-corrected chi connectivity index (χ0v) is 11.2. The maximum absolute atomic E-state index is 6.03. The molecule has 2 saturated heterocycles. The molecule has 2 aliphatic heterocycles. The first-order valence-electron chi connectivity index (χ1n) is 6.92. The van der Waals surface area contributed by atoms with Crippen molar-refractivity contribution in [2.75, 3.05) is 13.2 Å². The molecule has 0 N–H and O–H groups in total. The maximum Gasteiger partial charge on any atom is 0.186 e. The molecule has 0 radical (unpaired) electrons. The Morgan fingerprint density at radius 3 is 2.74 bits per heavy atom. The van der Waals surface area contributed by atoms with Crippen LogP contribution >= 0.6 is 0 Å². The highest BCUT2D eigenvalue weighted by molar-refractivity contribution is 5.13. The summed E-state index contributed by atoms with van der Waals surface area (Å²) in [4.78, 5) is 0. The van der Waals surface area contributed by atoms with Crippen LogP contribution < -0.4 is 0 Å². The molecule has 19 heavy (non-hydrogen) atoms. The third-order valence-corrected chi connectivity index (χ3v) is 3.63. The predicted octanol–water partition coefficient (Wildman–Crippen LogP) is 2.12. The van der Waals surface area contributed by atoms with Crippen LogP contribution in [0.3, 0.4) is 0 Å². The van der Waals surface area contributed by atoms with Crippen molar-refractivity contribution in [3.05, 3.63) is 35.9 Å². The van der Waals surface area contributed by atoms with Gasteiger partial charge in [-0.15, -0.1) is 0 Å². The summed E-state index contributed by atoms with van der Waals surface area (Å²) in [5.74, 6) is 0. The summed E-state index contributed by atoms with van der Waals surface area (Å²) >= 11 is 0. The lowest BCUT2D eigenvalue weighted by atomic mass is 10.1. The van der Waals surface area contributed by atoms with Gasteiger partial charge < -0.3 is 18.9 Å². The first-order valence-corrected chi connectivity index (χ1v) is 6.92. The van der Waals surface area contributed by atoms with Crippen LogP contribution in [-0.4, -0.2) is 37.8 Å². The highest BCUT2D eigenvalue weighted by atomic mass is 16.7. The Labute approximate surface area is 113 Å². The van der Waals surface area contributed by atoms with E-state index in [4.69, 9.17) is 18.9 Å². The van der Waals surface area contributed by atoms with Crippen molar-refractivity contribution in [1.29, 1.82) is 0 Å². The molecule has 0 spiro atoms. The number of hydrogen-bond acceptors (Lipinski definition) is 4. The largest absolute Gasteiger partial charge is 0.368 e. The predicted molar refractivity (Wildman–Crippen MR) is 69.7 cm³/mol. The molecule has 0 aliphatic carbocycles. The standard InChI is InChI=1S/C15H20O4/c1-2-12-13(14-15(19-12)17-9-8-16-14)18-10-11-6-4-3-5-7-11/h3-7,12-15H,2,8-10H2,1H3/t12-,13+,14-,15+/m1/s1. The first-order chi connectivity index (χ1) is 9.38. The van der Waals surface area contributed by atoms with E-state index in [0.717, 1.165) is 12.0 Å². The van der Waals surface area contributed by atoms with Gasteiger partial charge in [0.05, 0.1) is 25.9 Å². The van der Waals surface area contributed by atoms with E-state index in [2.05, 4.69) is 19.1 Å². The van der Waals surface area contributed by atoms with Gasteiger partial charge in [-0.2, -0.15) is 0 Å². The van der Waals surface area contributed by atoms with Crippen LogP contribution in [0.2, 0.25) is 0 Å². The third kappa shape index (κ3) is 2.82. The van der Waals surface area contributed by atoms with E-state index in [1.165, 1.54) is 0 Å². The van der Waals surface area contributed by atoms with Gasteiger partial charge in [0.25, 0.3) is 0 Å². The van der Waals surface area contributed by atoms with Gasteiger partial charge in [0.15, 0.2) is 6.29 Å². The monoisotopic (exact) mass is 264 g/mol.